The third-order valence-corrected chi connectivity index (χ3v) is 21.9. The number of imidazole rings is 3. The number of nitrogens with one attached hydrogen (secondary N) is 4. The first-order valence-corrected chi connectivity index (χ1v) is 35.9. The Bertz CT molecular complexity index is 3870. The SMILES string of the molecule is CC(C)(C)[C@H](N)C1=NC=C(c2ccc(-c3ccc(-c4cnc([C@@H](N)C(C)(C)C)[nH]4)cc3)cc2)C1.CC1(C(=O)C[C@H](c2ncc(-c3ccc(-c4ccc(-c5cnc([C@@H](NC(=O)C6(C)CCCCC6O)C(C)(C)C)[nH]5)cc4)cc3)[nH]2)C(C)(C)C)CCCCC1O.CC1(C(=O)O)CCCCC1O.[3H][B][3H].[U].[Y]. The summed E-state index contributed by atoms with van der Waals surface area (Å²) in [6.45, 7) is 31.0. The minimum absolute atomic E-state index is 0. The normalized spacial score (nSPS) is 22.9. The van der Waals surface area contributed by atoms with E-state index in [4.69, 9.17) is 29.2 Å². The molecule has 10 atom stereocenters. The maximum absolute atomic E-state index is 13.7. The Hall–Kier alpha value is -5.45. The van der Waals surface area contributed by atoms with Crippen molar-refractivity contribution in [1.29, 1.82) is 2.67 Å². The number of allylic oxidation sites excluding steroid dienone is 1. The van der Waals surface area contributed by atoms with E-state index in [1.807, 2.05) is 38.6 Å². The molecular formula is C82H114BN10O7UY. The molecule has 102 heavy (non-hydrogen) atoms. The van der Waals surface area contributed by atoms with E-state index in [0.717, 1.165) is 114 Å². The number of hydrogen-bond donors (Lipinski definition) is 10. The minimum atomic E-state index is -0.891. The van der Waals surface area contributed by atoms with Gasteiger partial charge < -0.3 is 52.2 Å². The number of aromatic nitrogens is 6. The molecule has 6 unspecified atom stereocenters. The Morgan fingerprint density at radius 1 is 0.529 bits per heavy atom. The fourth-order valence-corrected chi connectivity index (χ4v) is 14.1. The predicted molar refractivity (Wildman–Crippen MR) is 406 cm³/mol. The Balaban J connectivity index is 0.000000288. The van der Waals surface area contributed by atoms with E-state index < -0.39 is 40.5 Å². The van der Waals surface area contributed by atoms with Crippen LogP contribution in [0.4, 0.5) is 0 Å². The largest absolute Gasteiger partial charge is 0.481 e. The van der Waals surface area contributed by atoms with Gasteiger partial charge in [0.15, 0.2) is 0 Å². The van der Waals surface area contributed by atoms with E-state index in [9.17, 15) is 29.7 Å². The molecule has 2 radical (unpaired) electrons. The van der Waals surface area contributed by atoms with Crippen LogP contribution in [-0.4, -0.2) is 109 Å². The van der Waals surface area contributed by atoms with Crippen LogP contribution in [0.5, 0.6) is 0 Å². The van der Waals surface area contributed by atoms with Crippen LogP contribution in [0.25, 0.3) is 61.6 Å². The van der Waals surface area contributed by atoms with Gasteiger partial charge in [-0.2, -0.15) is 0 Å². The van der Waals surface area contributed by atoms with E-state index in [0.29, 0.717) is 52.7 Å². The third kappa shape index (κ3) is 20.2. The van der Waals surface area contributed by atoms with E-state index in [2.05, 4.69) is 210 Å². The summed E-state index contributed by atoms with van der Waals surface area (Å²) in [5.41, 5.74) is 23.7. The van der Waals surface area contributed by atoms with Crippen molar-refractivity contribution >= 4 is 37.3 Å². The molecule has 3 saturated carbocycles. The standard InChI is InChI=1S/C45H61N5O4.C29H37N5.C8H14O3.BH2.U.Y/c1-42(2,3)32(25-37(53)44(7)23-11-9-13-35(44)51)39-46-26-33(48-39)30-19-15-28(16-20-30)29-17-21-31(22-18-29)34-27-47-40(49-34)38(43(4,5)6)50-41(54)45(8)24-12-10-14-36(45)52;1-28(2,3)25(30)23-15-22(16-32-23)20-9-7-18(8-10-20)19-11-13-21(14-12-19)24-17-33-27(34-24)26(31)29(4,5)6;1-8(7(10)11)5-3-2-4-6(8)9;;;/h15-22,26-27,32,35-36,38,51-52H,9-14,23-25H2,1-8H3,(H,46,48)(H,47,49)(H,50,54);7-14,16-17,25-26H,15,30-31H2,1-6H3,(H,33,34);6,9H,2-5H2,1H3,(H,10,11);1H2;;/t32-,35?,36?,38-,44?,45?;25-,26-;;;;/m11..../s1/i;;;1T2;;. The van der Waals surface area contributed by atoms with Gasteiger partial charge in [0.25, 0.3) is 0 Å². The molecule has 0 bridgehead atoms. The Morgan fingerprint density at radius 2 is 0.882 bits per heavy atom. The van der Waals surface area contributed by atoms with Crippen LogP contribution in [-0.2, 0) is 47.1 Å². The molecule has 1 aliphatic heterocycles. The van der Waals surface area contributed by atoms with Crippen LogP contribution < -0.4 is 16.8 Å². The van der Waals surface area contributed by atoms with E-state index in [1.54, 1.807) is 6.92 Å². The second kappa shape index (κ2) is 34.9. The van der Waals surface area contributed by atoms with Crippen LogP contribution in [0, 0.1) is 69.0 Å². The first kappa shape index (κ1) is 82.2. The fourth-order valence-electron chi connectivity index (χ4n) is 14.1. The third-order valence-electron chi connectivity index (χ3n) is 21.9. The van der Waals surface area contributed by atoms with Crippen molar-refractivity contribution in [3.8, 4) is 56.0 Å². The van der Waals surface area contributed by atoms with Crippen molar-refractivity contribution in [2.24, 2.45) is 54.4 Å². The minimum Gasteiger partial charge on any atom is -0.481 e. The zero-order valence-corrected chi connectivity index (χ0v) is 70.1. The van der Waals surface area contributed by atoms with Crippen LogP contribution in [0.2, 0.25) is 0 Å². The van der Waals surface area contributed by atoms with Crippen molar-refractivity contribution in [2.75, 3.05) is 0 Å². The van der Waals surface area contributed by atoms with Gasteiger partial charge in [-0.15, -0.1) is 0 Å². The summed E-state index contributed by atoms with van der Waals surface area (Å²) in [5, 5.41) is 42.9. The summed E-state index contributed by atoms with van der Waals surface area (Å²) < 4.78 is 11.5. The topological polar surface area (TPSA) is 295 Å². The summed E-state index contributed by atoms with van der Waals surface area (Å²) in [7, 11) is 0.500. The van der Waals surface area contributed by atoms with E-state index >= 15 is 0 Å². The molecule has 3 aromatic heterocycles. The number of ketones is 1. The number of hydrogen-bond acceptors (Lipinski definition) is 12. The molecule has 0 spiro atoms. The van der Waals surface area contributed by atoms with Gasteiger partial charge in [-0.1, -0.05) is 226 Å². The quantitative estimate of drug-likeness (QED) is 0.0404. The van der Waals surface area contributed by atoms with Crippen molar-refractivity contribution in [3.05, 3.63) is 145 Å². The Labute approximate surface area is 659 Å². The molecule has 544 valence electrons. The van der Waals surface area contributed by atoms with E-state index in [-0.39, 0.29) is 121 Å². The zero-order valence-electron chi connectivity index (χ0n) is 65.1. The molecule has 20 heteroatoms. The average molecular weight is 1690 g/mol. The first-order valence-electron chi connectivity index (χ1n) is 37.0. The Kier molecular flexibility index (Phi) is 28.1. The van der Waals surface area contributed by atoms with Gasteiger partial charge in [0.2, 0.25) is 5.91 Å². The molecule has 0 saturated heterocycles. The summed E-state index contributed by atoms with van der Waals surface area (Å²) in [4.78, 5) is 66.9. The number of carboxylic acid groups (broad SMARTS) is 1. The molecule has 4 aliphatic rings. The molecule has 17 nitrogen and oxygen atoms in total. The molecule has 12 N–H and O–H groups in total. The van der Waals surface area contributed by atoms with Crippen molar-refractivity contribution in [2.45, 2.75) is 236 Å². The number of aliphatic hydroxyl groups is 3. The summed E-state index contributed by atoms with van der Waals surface area (Å²) in [6.07, 6.45) is 16.4. The maximum atomic E-state index is 13.7. The van der Waals surface area contributed by atoms with Crippen molar-refractivity contribution in [3.63, 3.8) is 0 Å². The predicted octanol–water partition coefficient (Wildman–Crippen LogP) is 15.8. The summed E-state index contributed by atoms with van der Waals surface area (Å²) >= 11 is 0. The number of carbonyl (C=O) groups is 3. The van der Waals surface area contributed by atoms with E-state index in [1.165, 1.54) is 22.3 Å². The van der Waals surface area contributed by atoms with Gasteiger partial charge in [0.05, 0.1) is 90.7 Å². The number of carbonyl (C=O) groups excluding carboxylic acids is 2. The zero-order chi connectivity index (χ0) is 74.9. The fraction of sp³-hybridized carbons (Fsp3) is 0.524. The second-order valence-corrected chi connectivity index (χ2v) is 33.7. The van der Waals surface area contributed by atoms with Crippen molar-refractivity contribution in [1.82, 2.24) is 35.2 Å². The van der Waals surface area contributed by atoms with Gasteiger partial charge in [0, 0.05) is 101 Å². The number of aliphatic hydroxyl groups excluding tert-OH is 3. The summed E-state index contributed by atoms with van der Waals surface area (Å²) in [6, 6.07) is 33.4. The average Bonchev–Trinajstić information content (AvgIpc) is 1.53. The number of H-pyrrole nitrogens is 3. The first-order chi connectivity index (χ1) is 47.8. The molecule has 4 aromatic carbocycles. The van der Waals surface area contributed by atoms with Gasteiger partial charge in [0.1, 0.15) is 23.3 Å². The number of carboxylic acids is 1. The number of rotatable bonds is 16. The van der Waals surface area contributed by atoms with Crippen LogP contribution in [0.1, 0.15) is 235 Å². The second-order valence-electron chi connectivity index (χ2n) is 33.7. The Morgan fingerprint density at radius 3 is 1.25 bits per heavy atom. The van der Waals surface area contributed by atoms with Gasteiger partial charge in [-0.3, -0.25) is 19.4 Å². The molecule has 3 fully saturated rings. The molecule has 11 rings (SSSR count). The monoisotopic (exact) mass is 1690 g/mol. The van der Waals surface area contributed by atoms with Crippen LogP contribution in [0.3, 0.4) is 0 Å². The maximum Gasteiger partial charge on any atom is 0.311 e. The molecule has 1 amide bonds. The number of aromatic amines is 3. The molecule has 4 heterocycles. The number of benzene rings is 4. The number of Topliss-reactive ketones (excluding diaryl/α,β-unsaturated/α-hetero) is 1. The number of aliphatic imine (C=N–C) groups is 1. The number of amides is 1. The number of aliphatic carboxylic acids is 1. The smallest absolute Gasteiger partial charge is 0.311 e. The number of nitrogens with two attached hydrogens (primary N) is 2. The van der Waals surface area contributed by atoms with Gasteiger partial charge in [-0.05, 0) is 127 Å². The van der Waals surface area contributed by atoms with Crippen LogP contribution >= 0.6 is 0 Å². The van der Waals surface area contributed by atoms with Gasteiger partial charge >= 0.3 is 5.97 Å². The molecular weight excluding hydrogens is 1570 g/mol. The van der Waals surface area contributed by atoms with Crippen LogP contribution in [0.15, 0.2) is 127 Å². The summed E-state index contributed by atoms with van der Waals surface area (Å²) in [5.74, 6) is 1.34. The molecule has 7 aromatic rings. The van der Waals surface area contributed by atoms with Crippen molar-refractivity contribution < 1.29 is 98.6 Å². The van der Waals surface area contributed by atoms with Gasteiger partial charge in [-0.25, -0.2) is 15.0 Å². The molecule has 3 aliphatic carbocycles. The number of nitrogens with zero attached hydrogens (tertiary/aromatic N) is 4.